The van der Waals surface area contributed by atoms with Crippen molar-refractivity contribution in [1.82, 2.24) is 20.1 Å². The van der Waals surface area contributed by atoms with Crippen LogP contribution in [0.1, 0.15) is 22.1 Å². The summed E-state index contributed by atoms with van der Waals surface area (Å²) in [6.07, 6.45) is 1.77. The van der Waals surface area contributed by atoms with Crippen LogP contribution in [0.25, 0.3) is 0 Å². The van der Waals surface area contributed by atoms with Crippen molar-refractivity contribution in [3.05, 3.63) is 42.1 Å². The molecule has 3 N–H and O–H groups in total. The lowest BCUT2D eigenvalue weighted by Crippen LogP contribution is -2.16. The number of rotatable bonds is 7. The highest BCUT2D eigenvalue weighted by Gasteiger charge is 2.13. The fraction of sp³-hybridized carbons (Fsp3) is 0.308. The van der Waals surface area contributed by atoms with Crippen molar-refractivity contribution < 1.29 is 9.21 Å². The molecule has 0 aliphatic carbocycles. The van der Waals surface area contributed by atoms with Gasteiger partial charge in [-0.3, -0.25) is 4.79 Å². The average Bonchev–Trinajstić information content (AvgIpc) is 3.11. The van der Waals surface area contributed by atoms with Gasteiger partial charge in [-0.15, -0.1) is 29.2 Å². The van der Waals surface area contributed by atoms with Crippen molar-refractivity contribution in [3.63, 3.8) is 0 Å². The number of halogens is 1. The third-order valence-electron chi connectivity index (χ3n) is 2.74. The molecule has 9 heteroatoms. The summed E-state index contributed by atoms with van der Waals surface area (Å²) in [6.45, 7) is 4.64. The number of nitrogens with two attached hydrogens (primary N) is 1. The molecule has 2 rings (SSSR count). The fourth-order valence-corrected chi connectivity index (χ4v) is 2.59. The van der Waals surface area contributed by atoms with Crippen LogP contribution >= 0.6 is 24.2 Å². The predicted octanol–water partition coefficient (Wildman–Crippen LogP) is 1.59. The van der Waals surface area contributed by atoms with Gasteiger partial charge >= 0.3 is 0 Å². The van der Waals surface area contributed by atoms with Crippen LogP contribution in [-0.4, -0.2) is 27.7 Å². The van der Waals surface area contributed by atoms with Crippen LogP contribution < -0.4 is 11.1 Å². The van der Waals surface area contributed by atoms with Crippen LogP contribution in [0, 0.1) is 0 Å². The smallest absolute Gasteiger partial charge is 0.286 e. The molecule has 1 amide bonds. The molecule has 0 aromatic carbocycles. The number of carbonyl (C=O) groups excluding carboxylic acids is 1. The van der Waals surface area contributed by atoms with E-state index < -0.39 is 0 Å². The lowest BCUT2D eigenvalue weighted by molar-refractivity contribution is 0.0934. The number of furan rings is 1. The Bertz CT molecular complexity index is 640. The van der Waals surface area contributed by atoms with Gasteiger partial charge < -0.3 is 20.0 Å². The molecule has 0 unspecified atom stereocenters. The topological polar surface area (TPSA) is 99.0 Å². The van der Waals surface area contributed by atoms with Crippen LogP contribution in [-0.2, 0) is 18.8 Å². The molecule has 0 fully saturated rings. The molecule has 0 saturated heterocycles. The summed E-state index contributed by atoms with van der Waals surface area (Å²) < 4.78 is 7.36. The van der Waals surface area contributed by atoms with Gasteiger partial charge in [-0.2, -0.15) is 0 Å². The molecule has 2 heterocycles. The van der Waals surface area contributed by atoms with Crippen LogP contribution in [0.2, 0.25) is 0 Å². The van der Waals surface area contributed by atoms with Crippen molar-refractivity contribution in [3.8, 4) is 0 Å². The van der Waals surface area contributed by atoms with E-state index in [-0.39, 0.29) is 18.3 Å². The SMILES string of the molecule is C=CCn1c(CN)nnc1SCc1ccc(C(=O)NC)o1.Cl. The fourth-order valence-electron chi connectivity index (χ4n) is 1.73. The van der Waals surface area contributed by atoms with E-state index in [0.29, 0.717) is 36.2 Å². The number of aromatic nitrogens is 3. The number of allylic oxidation sites excluding steroid dienone is 1. The number of amides is 1. The number of nitrogens with one attached hydrogen (secondary N) is 1. The van der Waals surface area contributed by atoms with Gasteiger partial charge in [0.05, 0.1) is 12.3 Å². The van der Waals surface area contributed by atoms with E-state index in [0.717, 1.165) is 5.16 Å². The molecule has 2 aromatic rings. The van der Waals surface area contributed by atoms with Crippen LogP contribution in [0.4, 0.5) is 0 Å². The largest absolute Gasteiger partial charge is 0.455 e. The lowest BCUT2D eigenvalue weighted by atomic mass is 10.4. The monoisotopic (exact) mass is 343 g/mol. The summed E-state index contributed by atoms with van der Waals surface area (Å²) in [4.78, 5) is 11.4. The van der Waals surface area contributed by atoms with Crippen LogP contribution in [0.3, 0.4) is 0 Å². The summed E-state index contributed by atoms with van der Waals surface area (Å²) in [6, 6.07) is 3.42. The second-order valence-corrected chi connectivity index (χ2v) is 5.08. The Morgan fingerprint density at radius 1 is 1.55 bits per heavy atom. The highest BCUT2D eigenvalue weighted by Crippen LogP contribution is 2.23. The van der Waals surface area contributed by atoms with Crippen molar-refractivity contribution in [2.75, 3.05) is 7.05 Å². The molecule has 2 aromatic heterocycles. The molecule has 0 atom stereocenters. The van der Waals surface area contributed by atoms with Gasteiger partial charge in [0.25, 0.3) is 5.91 Å². The van der Waals surface area contributed by atoms with Crippen LogP contribution in [0.15, 0.2) is 34.4 Å². The highest BCUT2D eigenvalue weighted by atomic mass is 35.5. The summed E-state index contributed by atoms with van der Waals surface area (Å²) in [5.41, 5.74) is 5.62. The molecular weight excluding hydrogens is 326 g/mol. The van der Waals surface area contributed by atoms with Crippen molar-refractivity contribution in [2.45, 2.75) is 24.0 Å². The number of hydrogen-bond acceptors (Lipinski definition) is 6. The van der Waals surface area contributed by atoms with Crippen molar-refractivity contribution >= 4 is 30.1 Å². The maximum absolute atomic E-state index is 11.4. The van der Waals surface area contributed by atoms with E-state index in [1.54, 1.807) is 25.3 Å². The van der Waals surface area contributed by atoms with Gasteiger partial charge in [-0.1, -0.05) is 17.8 Å². The van der Waals surface area contributed by atoms with Gasteiger partial charge in [0.1, 0.15) is 11.6 Å². The standard InChI is InChI=1S/C13H17N5O2S.ClH/c1-3-6-18-11(7-14)16-17-13(18)21-8-9-4-5-10(20-9)12(19)15-2;/h3-5H,1,6-8,14H2,2H3,(H,15,19);1H. The minimum atomic E-state index is -0.244. The Morgan fingerprint density at radius 3 is 2.95 bits per heavy atom. The Morgan fingerprint density at radius 2 is 2.32 bits per heavy atom. The van der Waals surface area contributed by atoms with E-state index in [9.17, 15) is 4.79 Å². The van der Waals surface area contributed by atoms with Gasteiger partial charge in [0, 0.05) is 13.6 Å². The molecule has 7 nitrogen and oxygen atoms in total. The first-order chi connectivity index (χ1) is 10.2. The third-order valence-corrected chi connectivity index (χ3v) is 3.73. The van der Waals surface area contributed by atoms with Gasteiger partial charge in [0.2, 0.25) is 0 Å². The van der Waals surface area contributed by atoms with Gasteiger partial charge in [0.15, 0.2) is 10.9 Å². The minimum absolute atomic E-state index is 0. The summed E-state index contributed by atoms with van der Waals surface area (Å²) >= 11 is 1.47. The molecule has 22 heavy (non-hydrogen) atoms. The maximum Gasteiger partial charge on any atom is 0.286 e. The highest BCUT2D eigenvalue weighted by molar-refractivity contribution is 7.98. The summed E-state index contributed by atoms with van der Waals surface area (Å²) in [5.74, 6) is 2.01. The third kappa shape index (κ3) is 4.12. The van der Waals surface area contributed by atoms with E-state index in [1.807, 2.05) is 4.57 Å². The molecule has 0 radical (unpaired) electrons. The number of carbonyl (C=O) groups is 1. The Hall–Kier alpha value is -1.77. The first-order valence-corrected chi connectivity index (χ1v) is 7.34. The zero-order valence-electron chi connectivity index (χ0n) is 12.1. The quantitative estimate of drug-likeness (QED) is 0.585. The zero-order chi connectivity index (χ0) is 15.2. The molecule has 0 aliphatic rings. The average molecular weight is 344 g/mol. The summed E-state index contributed by atoms with van der Waals surface area (Å²) in [7, 11) is 1.56. The van der Waals surface area contributed by atoms with Gasteiger partial charge in [-0.05, 0) is 12.1 Å². The zero-order valence-corrected chi connectivity index (χ0v) is 13.7. The molecular formula is C13H18ClN5O2S. The molecule has 120 valence electrons. The molecule has 0 bridgehead atoms. The first-order valence-electron chi connectivity index (χ1n) is 6.36. The minimum Gasteiger partial charge on any atom is -0.455 e. The maximum atomic E-state index is 11.4. The van der Waals surface area contributed by atoms with E-state index in [4.69, 9.17) is 10.2 Å². The molecule has 0 spiro atoms. The lowest BCUT2D eigenvalue weighted by Gasteiger charge is -2.05. The van der Waals surface area contributed by atoms with E-state index in [1.165, 1.54) is 11.8 Å². The van der Waals surface area contributed by atoms with Gasteiger partial charge in [-0.25, -0.2) is 0 Å². The Balaban J connectivity index is 0.00000242. The number of hydrogen-bond donors (Lipinski definition) is 2. The number of thioether (sulfide) groups is 1. The second-order valence-electron chi connectivity index (χ2n) is 4.14. The Labute approximate surface area is 138 Å². The van der Waals surface area contributed by atoms with E-state index in [2.05, 4.69) is 22.1 Å². The first kappa shape index (κ1) is 18.3. The van der Waals surface area contributed by atoms with E-state index >= 15 is 0 Å². The van der Waals surface area contributed by atoms with Crippen molar-refractivity contribution in [1.29, 1.82) is 0 Å². The second kappa shape index (κ2) is 8.62. The summed E-state index contributed by atoms with van der Waals surface area (Å²) in [5, 5.41) is 11.4. The normalized spacial score (nSPS) is 10.1. The van der Waals surface area contributed by atoms with Crippen LogP contribution in [0.5, 0.6) is 0 Å². The predicted molar refractivity (Wildman–Crippen MR) is 87.0 cm³/mol. The number of nitrogens with zero attached hydrogens (tertiary/aromatic N) is 3. The Kier molecular flexibility index (Phi) is 7.16. The molecule has 0 saturated carbocycles. The molecule has 0 aliphatic heterocycles. The van der Waals surface area contributed by atoms with Crippen molar-refractivity contribution in [2.24, 2.45) is 5.73 Å².